The van der Waals surface area contributed by atoms with Gasteiger partial charge in [-0.2, -0.15) is 0 Å². The van der Waals surface area contributed by atoms with Gasteiger partial charge in [0.1, 0.15) is 5.82 Å². The molecule has 3 nitrogen and oxygen atoms in total. The normalized spacial score (nSPS) is 22.6. The van der Waals surface area contributed by atoms with Gasteiger partial charge in [0.25, 0.3) is 0 Å². The van der Waals surface area contributed by atoms with Gasteiger partial charge in [-0.15, -0.1) is 0 Å². The number of pyridine rings is 1. The molecule has 15 heavy (non-hydrogen) atoms. The van der Waals surface area contributed by atoms with E-state index >= 15 is 0 Å². The Hall–Kier alpha value is -1.35. The largest absolute Gasteiger partial charge is 0.384 e. The molecule has 1 fully saturated rings. The zero-order valence-corrected chi connectivity index (χ0v) is 9.06. The average Bonchev–Trinajstić information content (AvgIpc) is 2.61. The lowest BCUT2D eigenvalue weighted by atomic mass is 10.1. The zero-order valence-electron chi connectivity index (χ0n) is 9.06. The smallest absolute Gasteiger partial charge is 0.123 e. The van der Waals surface area contributed by atoms with Crippen molar-refractivity contribution in [2.45, 2.75) is 18.9 Å². The van der Waals surface area contributed by atoms with Gasteiger partial charge >= 0.3 is 0 Å². The standard InChI is InChI=1S/C12H17N3/c1-15-8-2-3-11(15)5-4-10-6-7-14-12(13)9-10/h4-7,9,11H,2-3,8H2,1H3,(H2,13,14)/b5-4+/t11-/m0/s1. The first-order valence-corrected chi connectivity index (χ1v) is 5.36. The van der Waals surface area contributed by atoms with Crippen LogP contribution in [0, 0.1) is 0 Å². The van der Waals surface area contributed by atoms with Gasteiger partial charge in [-0.1, -0.05) is 12.2 Å². The molecule has 1 aromatic heterocycles. The van der Waals surface area contributed by atoms with Gasteiger partial charge in [0.2, 0.25) is 0 Å². The van der Waals surface area contributed by atoms with Crippen LogP contribution in [0.4, 0.5) is 5.82 Å². The number of hydrogen-bond donors (Lipinski definition) is 1. The summed E-state index contributed by atoms with van der Waals surface area (Å²) in [7, 11) is 2.17. The topological polar surface area (TPSA) is 42.2 Å². The molecule has 1 atom stereocenters. The van der Waals surface area contributed by atoms with Gasteiger partial charge < -0.3 is 5.73 Å². The first-order valence-electron chi connectivity index (χ1n) is 5.36. The summed E-state index contributed by atoms with van der Waals surface area (Å²) >= 11 is 0. The predicted octanol–water partition coefficient (Wildman–Crippen LogP) is 1.77. The van der Waals surface area contributed by atoms with Crippen LogP contribution in [0.5, 0.6) is 0 Å². The van der Waals surface area contributed by atoms with Crippen LogP contribution in [-0.4, -0.2) is 29.5 Å². The number of nitrogens with two attached hydrogens (primary N) is 1. The molecule has 2 N–H and O–H groups in total. The molecule has 3 heteroatoms. The number of likely N-dealkylation sites (N-methyl/N-ethyl adjacent to an activating group) is 1. The van der Waals surface area contributed by atoms with Crippen LogP contribution < -0.4 is 5.73 Å². The Labute approximate surface area is 90.6 Å². The molecule has 0 bridgehead atoms. The van der Waals surface area contributed by atoms with E-state index in [2.05, 4.69) is 29.1 Å². The minimum atomic E-state index is 0.580. The summed E-state index contributed by atoms with van der Waals surface area (Å²) in [5.74, 6) is 0.580. The Morgan fingerprint density at radius 1 is 1.60 bits per heavy atom. The maximum atomic E-state index is 5.61. The van der Waals surface area contributed by atoms with Gasteiger partial charge in [0.05, 0.1) is 0 Å². The Balaban J connectivity index is 2.04. The van der Waals surface area contributed by atoms with Crippen LogP contribution in [-0.2, 0) is 0 Å². The van der Waals surface area contributed by atoms with E-state index in [1.807, 2.05) is 12.1 Å². The van der Waals surface area contributed by atoms with E-state index in [9.17, 15) is 0 Å². The number of rotatable bonds is 2. The molecular formula is C12H17N3. The highest BCUT2D eigenvalue weighted by Crippen LogP contribution is 2.17. The molecule has 0 aromatic carbocycles. The summed E-state index contributed by atoms with van der Waals surface area (Å²) in [5, 5.41) is 0. The Bertz CT molecular complexity index is 360. The van der Waals surface area contributed by atoms with Crippen LogP contribution in [0.3, 0.4) is 0 Å². The third kappa shape index (κ3) is 2.57. The summed E-state index contributed by atoms with van der Waals surface area (Å²) < 4.78 is 0. The number of aromatic nitrogens is 1. The molecule has 1 aliphatic rings. The summed E-state index contributed by atoms with van der Waals surface area (Å²) in [4.78, 5) is 6.34. The minimum Gasteiger partial charge on any atom is -0.384 e. The summed E-state index contributed by atoms with van der Waals surface area (Å²) in [6, 6.07) is 4.45. The van der Waals surface area contributed by atoms with Gasteiger partial charge in [-0.05, 0) is 44.1 Å². The van der Waals surface area contributed by atoms with Crippen molar-refractivity contribution in [2.24, 2.45) is 0 Å². The summed E-state index contributed by atoms with van der Waals surface area (Å²) in [6.45, 7) is 1.20. The second-order valence-electron chi connectivity index (χ2n) is 4.06. The van der Waals surface area contributed by atoms with Crippen molar-refractivity contribution < 1.29 is 0 Å². The van der Waals surface area contributed by atoms with Crippen molar-refractivity contribution >= 4 is 11.9 Å². The van der Waals surface area contributed by atoms with Crippen molar-refractivity contribution in [3.05, 3.63) is 30.0 Å². The molecule has 1 aliphatic heterocycles. The van der Waals surface area contributed by atoms with Gasteiger partial charge in [0, 0.05) is 12.2 Å². The van der Waals surface area contributed by atoms with E-state index in [0.29, 0.717) is 11.9 Å². The van der Waals surface area contributed by atoms with Crippen molar-refractivity contribution in [3.63, 3.8) is 0 Å². The fourth-order valence-corrected chi connectivity index (χ4v) is 1.97. The molecule has 0 spiro atoms. The van der Waals surface area contributed by atoms with Gasteiger partial charge in [0.15, 0.2) is 0 Å². The quantitative estimate of drug-likeness (QED) is 0.796. The second-order valence-corrected chi connectivity index (χ2v) is 4.06. The van der Waals surface area contributed by atoms with Crippen molar-refractivity contribution in [3.8, 4) is 0 Å². The molecule has 0 amide bonds. The first kappa shape index (κ1) is 10.2. The molecule has 0 aliphatic carbocycles. The van der Waals surface area contributed by atoms with E-state index < -0.39 is 0 Å². The molecule has 2 heterocycles. The Kier molecular flexibility index (Phi) is 3.02. The van der Waals surface area contributed by atoms with Crippen LogP contribution in [0.25, 0.3) is 6.08 Å². The zero-order chi connectivity index (χ0) is 10.7. The van der Waals surface area contributed by atoms with E-state index in [4.69, 9.17) is 5.73 Å². The monoisotopic (exact) mass is 203 g/mol. The third-order valence-electron chi connectivity index (χ3n) is 2.89. The summed E-state index contributed by atoms with van der Waals surface area (Å²) in [6.07, 6.45) is 8.68. The minimum absolute atomic E-state index is 0.580. The molecule has 1 saturated heterocycles. The van der Waals surface area contributed by atoms with E-state index in [1.54, 1.807) is 6.20 Å². The third-order valence-corrected chi connectivity index (χ3v) is 2.89. The van der Waals surface area contributed by atoms with Crippen molar-refractivity contribution in [2.75, 3.05) is 19.3 Å². The van der Waals surface area contributed by atoms with Crippen molar-refractivity contribution in [1.82, 2.24) is 9.88 Å². The Morgan fingerprint density at radius 2 is 2.47 bits per heavy atom. The first-order chi connectivity index (χ1) is 7.25. The highest BCUT2D eigenvalue weighted by Gasteiger charge is 2.17. The maximum absolute atomic E-state index is 5.61. The molecule has 0 radical (unpaired) electrons. The highest BCUT2D eigenvalue weighted by molar-refractivity contribution is 5.53. The van der Waals surface area contributed by atoms with E-state index in [1.165, 1.54) is 19.4 Å². The van der Waals surface area contributed by atoms with E-state index in [0.717, 1.165) is 5.56 Å². The van der Waals surface area contributed by atoms with Crippen molar-refractivity contribution in [1.29, 1.82) is 0 Å². The van der Waals surface area contributed by atoms with E-state index in [-0.39, 0.29) is 0 Å². The van der Waals surface area contributed by atoms with Gasteiger partial charge in [-0.25, -0.2) is 4.98 Å². The van der Waals surface area contributed by atoms with Crippen LogP contribution in [0.15, 0.2) is 24.4 Å². The van der Waals surface area contributed by atoms with Crippen LogP contribution >= 0.6 is 0 Å². The number of nitrogens with zero attached hydrogens (tertiary/aromatic N) is 2. The SMILES string of the molecule is CN1CCC[C@H]1/C=C/c1ccnc(N)c1. The second kappa shape index (κ2) is 4.45. The number of likely N-dealkylation sites (tertiary alicyclic amines) is 1. The number of nitrogen functional groups attached to an aromatic ring is 1. The maximum Gasteiger partial charge on any atom is 0.123 e. The molecule has 80 valence electrons. The fourth-order valence-electron chi connectivity index (χ4n) is 1.97. The highest BCUT2D eigenvalue weighted by atomic mass is 15.1. The molecular weight excluding hydrogens is 186 g/mol. The lowest BCUT2D eigenvalue weighted by Crippen LogP contribution is -2.22. The average molecular weight is 203 g/mol. The molecule has 0 saturated carbocycles. The predicted molar refractivity (Wildman–Crippen MR) is 63.3 cm³/mol. The van der Waals surface area contributed by atoms with Crippen LogP contribution in [0.1, 0.15) is 18.4 Å². The Morgan fingerprint density at radius 3 is 3.13 bits per heavy atom. The molecule has 0 unspecified atom stereocenters. The van der Waals surface area contributed by atoms with Gasteiger partial charge in [-0.3, -0.25) is 4.90 Å². The molecule has 1 aromatic rings. The lowest BCUT2D eigenvalue weighted by Gasteiger charge is -2.14. The molecule has 2 rings (SSSR count). The summed E-state index contributed by atoms with van der Waals surface area (Å²) in [5.41, 5.74) is 6.74. The van der Waals surface area contributed by atoms with Crippen LogP contribution in [0.2, 0.25) is 0 Å². The number of anilines is 1. The lowest BCUT2D eigenvalue weighted by molar-refractivity contribution is 0.358. The fraction of sp³-hybridized carbons (Fsp3) is 0.417. The number of hydrogen-bond acceptors (Lipinski definition) is 3.